The first-order valence-corrected chi connectivity index (χ1v) is 8.88. The molecule has 2 aromatic rings. The largest absolute Gasteiger partial charge is 0.349 e. The van der Waals surface area contributed by atoms with Crippen LogP contribution in [0.5, 0.6) is 0 Å². The molecule has 0 saturated carbocycles. The fraction of sp³-hybridized carbons (Fsp3) is 0.474. The summed E-state index contributed by atoms with van der Waals surface area (Å²) in [4.78, 5) is 19.1. The molecule has 1 fully saturated rings. The van der Waals surface area contributed by atoms with Crippen LogP contribution in [0, 0.1) is 17.6 Å². The fourth-order valence-electron chi connectivity index (χ4n) is 3.30. The van der Waals surface area contributed by atoms with Crippen molar-refractivity contribution >= 4 is 5.91 Å². The monoisotopic (exact) mass is 362 g/mol. The number of nitrogens with zero attached hydrogens (tertiary/aromatic N) is 3. The zero-order chi connectivity index (χ0) is 18.7. The summed E-state index contributed by atoms with van der Waals surface area (Å²) < 4.78 is 28.4. The number of hydrogen-bond donors (Lipinski definition) is 1. The lowest BCUT2D eigenvalue weighted by molar-refractivity contribution is -0.127. The number of likely N-dealkylation sites (tertiary alicyclic amines) is 1. The van der Waals surface area contributed by atoms with Crippen molar-refractivity contribution in [2.75, 3.05) is 13.1 Å². The highest BCUT2D eigenvalue weighted by atomic mass is 19.2. The van der Waals surface area contributed by atoms with E-state index in [2.05, 4.69) is 15.2 Å². The summed E-state index contributed by atoms with van der Waals surface area (Å²) in [6.45, 7) is 4.24. The third-order valence-corrected chi connectivity index (χ3v) is 5.05. The molecule has 1 saturated heterocycles. The molecular weight excluding hydrogens is 338 g/mol. The molecule has 1 aliphatic heterocycles. The van der Waals surface area contributed by atoms with Crippen molar-refractivity contribution in [1.29, 1.82) is 0 Å². The lowest BCUT2D eigenvalue weighted by Gasteiger charge is -2.31. The van der Waals surface area contributed by atoms with Gasteiger partial charge in [0.05, 0.1) is 12.6 Å². The lowest BCUT2D eigenvalue weighted by Crippen LogP contribution is -2.41. The minimum absolute atomic E-state index is 0.0288. The van der Waals surface area contributed by atoms with E-state index in [1.54, 1.807) is 13.1 Å². The lowest BCUT2D eigenvalue weighted by atomic mass is 9.95. The van der Waals surface area contributed by atoms with E-state index in [0.717, 1.165) is 50.4 Å². The SMILES string of the molecule is CC(NC(=O)C1CCN(Cc2nccn2C)CC1)c1ccc(F)c(F)c1. The number of aryl methyl sites for hydroxylation is 1. The Hall–Kier alpha value is -2.28. The van der Waals surface area contributed by atoms with E-state index in [9.17, 15) is 13.6 Å². The van der Waals surface area contributed by atoms with E-state index in [0.29, 0.717) is 5.56 Å². The highest BCUT2D eigenvalue weighted by molar-refractivity contribution is 5.79. The van der Waals surface area contributed by atoms with Gasteiger partial charge in [-0.05, 0) is 50.6 Å². The quantitative estimate of drug-likeness (QED) is 0.890. The zero-order valence-electron chi connectivity index (χ0n) is 15.1. The van der Waals surface area contributed by atoms with Crippen LogP contribution in [0.15, 0.2) is 30.6 Å². The molecule has 0 spiro atoms. The number of carbonyl (C=O) groups is 1. The van der Waals surface area contributed by atoms with Crippen LogP contribution >= 0.6 is 0 Å². The molecule has 1 N–H and O–H groups in total. The Morgan fingerprint density at radius 3 is 2.65 bits per heavy atom. The van der Waals surface area contributed by atoms with Gasteiger partial charge in [-0.3, -0.25) is 9.69 Å². The van der Waals surface area contributed by atoms with Crippen LogP contribution in [0.2, 0.25) is 0 Å². The Labute approximate surface area is 152 Å². The van der Waals surface area contributed by atoms with Gasteiger partial charge in [-0.15, -0.1) is 0 Å². The minimum Gasteiger partial charge on any atom is -0.349 e. The van der Waals surface area contributed by atoms with Gasteiger partial charge in [0.2, 0.25) is 5.91 Å². The number of nitrogens with one attached hydrogen (secondary N) is 1. The van der Waals surface area contributed by atoms with Crippen molar-refractivity contribution in [2.45, 2.75) is 32.4 Å². The number of amides is 1. The van der Waals surface area contributed by atoms with Gasteiger partial charge in [-0.1, -0.05) is 6.07 Å². The second-order valence-electron chi connectivity index (χ2n) is 6.91. The van der Waals surface area contributed by atoms with Crippen molar-refractivity contribution in [3.8, 4) is 0 Å². The van der Waals surface area contributed by atoms with Crippen LogP contribution in [0.3, 0.4) is 0 Å². The van der Waals surface area contributed by atoms with Crippen molar-refractivity contribution in [2.24, 2.45) is 13.0 Å². The maximum absolute atomic E-state index is 13.4. The third-order valence-electron chi connectivity index (χ3n) is 5.05. The van der Waals surface area contributed by atoms with Gasteiger partial charge in [-0.2, -0.15) is 0 Å². The second-order valence-corrected chi connectivity index (χ2v) is 6.91. The summed E-state index contributed by atoms with van der Waals surface area (Å²) in [5.74, 6) is -0.849. The molecular formula is C19H24F2N4O. The van der Waals surface area contributed by atoms with Crippen LogP contribution in [0.1, 0.15) is 37.2 Å². The fourth-order valence-corrected chi connectivity index (χ4v) is 3.30. The molecule has 1 aromatic carbocycles. The Kier molecular flexibility index (Phi) is 5.66. The third kappa shape index (κ3) is 4.27. The summed E-state index contributed by atoms with van der Waals surface area (Å²) in [5.41, 5.74) is 0.560. The Morgan fingerprint density at radius 2 is 2.04 bits per heavy atom. The van der Waals surface area contributed by atoms with E-state index in [4.69, 9.17) is 0 Å². The van der Waals surface area contributed by atoms with Gasteiger partial charge < -0.3 is 9.88 Å². The number of imidazole rings is 1. The summed E-state index contributed by atoms with van der Waals surface area (Å²) >= 11 is 0. The van der Waals surface area contributed by atoms with E-state index < -0.39 is 11.6 Å². The number of aromatic nitrogens is 2. The number of benzene rings is 1. The molecule has 2 heterocycles. The van der Waals surface area contributed by atoms with Crippen molar-refractivity contribution in [1.82, 2.24) is 19.8 Å². The Morgan fingerprint density at radius 1 is 1.31 bits per heavy atom. The van der Waals surface area contributed by atoms with Crippen molar-refractivity contribution in [3.63, 3.8) is 0 Å². The maximum Gasteiger partial charge on any atom is 0.223 e. The highest BCUT2D eigenvalue weighted by Gasteiger charge is 2.26. The summed E-state index contributed by atoms with van der Waals surface area (Å²) in [5, 5.41) is 2.92. The first-order chi connectivity index (χ1) is 12.4. The number of halogens is 2. The molecule has 1 atom stereocenters. The van der Waals surface area contributed by atoms with Gasteiger partial charge in [0, 0.05) is 25.4 Å². The topological polar surface area (TPSA) is 50.2 Å². The van der Waals surface area contributed by atoms with Gasteiger partial charge in [0.1, 0.15) is 5.82 Å². The average molecular weight is 362 g/mol. The molecule has 140 valence electrons. The van der Waals surface area contributed by atoms with Crippen LogP contribution in [-0.4, -0.2) is 33.4 Å². The predicted molar refractivity (Wildman–Crippen MR) is 94.1 cm³/mol. The van der Waals surface area contributed by atoms with Gasteiger partial charge >= 0.3 is 0 Å². The number of piperidine rings is 1. The first kappa shape index (κ1) is 18.5. The first-order valence-electron chi connectivity index (χ1n) is 8.88. The smallest absolute Gasteiger partial charge is 0.223 e. The Bertz CT molecular complexity index is 769. The minimum atomic E-state index is -0.897. The molecule has 0 radical (unpaired) electrons. The van der Waals surface area contributed by atoms with E-state index >= 15 is 0 Å². The number of rotatable bonds is 5. The van der Waals surface area contributed by atoms with Gasteiger partial charge in [0.15, 0.2) is 11.6 Å². The number of carbonyl (C=O) groups excluding carboxylic acids is 1. The second kappa shape index (κ2) is 7.95. The molecule has 1 aliphatic rings. The normalized spacial score (nSPS) is 17.2. The van der Waals surface area contributed by atoms with E-state index in [1.165, 1.54) is 6.07 Å². The average Bonchev–Trinajstić information content (AvgIpc) is 3.02. The highest BCUT2D eigenvalue weighted by Crippen LogP contribution is 2.21. The zero-order valence-corrected chi connectivity index (χ0v) is 15.1. The molecule has 3 rings (SSSR count). The van der Waals surface area contributed by atoms with E-state index in [1.807, 2.05) is 17.8 Å². The van der Waals surface area contributed by atoms with Crippen LogP contribution in [-0.2, 0) is 18.4 Å². The summed E-state index contributed by atoms with van der Waals surface area (Å²) in [6.07, 6.45) is 5.27. The molecule has 26 heavy (non-hydrogen) atoms. The van der Waals surface area contributed by atoms with Crippen molar-refractivity contribution in [3.05, 3.63) is 53.6 Å². The van der Waals surface area contributed by atoms with Crippen molar-refractivity contribution < 1.29 is 13.6 Å². The molecule has 7 heteroatoms. The predicted octanol–water partition coefficient (Wildman–Crippen LogP) is 2.79. The number of hydrogen-bond acceptors (Lipinski definition) is 3. The molecule has 1 unspecified atom stereocenters. The summed E-state index contributed by atoms with van der Waals surface area (Å²) in [7, 11) is 1.97. The standard InChI is InChI=1S/C19H24F2N4O/c1-13(15-3-4-16(20)17(21)11-15)23-19(26)14-5-8-25(9-6-14)12-18-22-7-10-24(18)2/h3-4,7,10-11,13-14H,5-6,8-9,12H2,1-2H3,(H,23,26). The van der Waals surface area contributed by atoms with Crippen LogP contribution in [0.4, 0.5) is 8.78 Å². The van der Waals surface area contributed by atoms with E-state index in [-0.39, 0.29) is 17.9 Å². The molecule has 0 bridgehead atoms. The van der Waals surface area contributed by atoms with Gasteiger partial charge in [0.25, 0.3) is 0 Å². The molecule has 1 amide bonds. The van der Waals surface area contributed by atoms with Crippen LogP contribution in [0.25, 0.3) is 0 Å². The molecule has 0 aliphatic carbocycles. The summed E-state index contributed by atoms with van der Waals surface area (Å²) in [6, 6.07) is 3.36. The molecule has 5 nitrogen and oxygen atoms in total. The van der Waals surface area contributed by atoms with Crippen LogP contribution < -0.4 is 5.32 Å². The molecule has 1 aromatic heterocycles. The Balaban J connectivity index is 1.50. The maximum atomic E-state index is 13.4. The van der Waals surface area contributed by atoms with Gasteiger partial charge in [-0.25, -0.2) is 13.8 Å².